The number of aryl methyl sites for hydroxylation is 2. The second-order valence-corrected chi connectivity index (χ2v) is 12.4. The first-order chi connectivity index (χ1) is 19.2. The quantitative estimate of drug-likeness (QED) is 0.341. The van der Waals surface area contributed by atoms with Crippen LogP contribution in [-0.4, -0.2) is 43.8 Å². The minimum atomic E-state index is -4.07. The number of carbonyl (C=O) groups is 2. The molecule has 1 atom stereocenters. The summed E-state index contributed by atoms with van der Waals surface area (Å²) >= 11 is 0. The van der Waals surface area contributed by atoms with Crippen LogP contribution in [0.4, 0.5) is 5.69 Å². The van der Waals surface area contributed by atoms with Gasteiger partial charge in [0.15, 0.2) is 0 Å². The molecule has 0 spiro atoms. The van der Waals surface area contributed by atoms with Crippen molar-refractivity contribution < 1.29 is 18.0 Å². The molecule has 1 saturated carbocycles. The van der Waals surface area contributed by atoms with Crippen LogP contribution in [0.2, 0.25) is 0 Å². The fourth-order valence-corrected chi connectivity index (χ4v) is 6.56. The van der Waals surface area contributed by atoms with Crippen molar-refractivity contribution in [1.82, 2.24) is 10.2 Å². The van der Waals surface area contributed by atoms with Gasteiger partial charge in [-0.3, -0.25) is 13.9 Å². The van der Waals surface area contributed by atoms with Crippen molar-refractivity contribution in [1.29, 1.82) is 0 Å². The molecule has 0 radical (unpaired) electrons. The third-order valence-corrected chi connectivity index (χ3v) is 9.28. The lowest BCUT2D eigenvalue weighted by atomic mass is 10.1. The first-order valence-corrected chi connectivity index (χ1v) is 15.4. The predicted octanol–water partition coefficient (Wildman–Crippen LogP) is 5.36. The van der Waals surface area contributed by atoms with Crippen molar-refractivity contribution >= 4 is 27.5 Å². The first-order valence-electron chi connectivity index (χ1n) is 14.0. The molecule has 4 rings (SSSR count). The number of nitrogens with one attached hydrogen (secondary N) is 1. The molecule has 1 N–H and O–H groups in total. The van der Waals surface area contributed by atoms with Crippen LogP contribution in [-0.2, 0) is 26.2 Å². The molecule has 0 unspecified atom stereocenters. The highest BCUT2D eigenvalue weighted by Crippen LogP contribution is 2.26. The topological polar surface area (TPSA) is 86.8 Å². The molecular weight excluding hydrogens is 522 g/mol. The number of rotatable bonds is 11. The molecule has 2 amide bonds. The van der Waals surface area contributed by atoms with E-state index in [0.29, 0.717) is 12.1 Å². The van der Waals surface area contributed by atoms with Crippen molar-refractivity contribution in [2.45, 2.75) is 76.4 Å². The van der Waals surface area contributed by atoms with Crippen molar-refractivity contribution in [3.63, 3.8) is 0 Å². The second kappa shape index (κ2) is 13.1. The van der Waals surface area contributed by atoms with E-state index in [9.17, 15) is 18.0 Å². The Balaban J connectivity index is 1.69. The molecule has 3 aromatic carbocycles. The van der Waals surface area contributed by atoms with Crippen molar-refractivity contribution in [3.05, 3.63) is 95.6 Å². The van der Waals surface area contributed by atoms with E-state index in [1.54, 1.807) is 36.4 Å². The van der Waals surface area contributed by atoms with Gasteiger partial charge in [-0.25, -0.2) is 8.42 Å². The zero-order chi connectivity index (χ0) is 28.7. The maximum atomic E-state index is 14.1. The van der Waals surface area contributed by atoms with Crippen LogP contribution >= 0.6 is 0 Å². The molecule has 3 aromatic rings. The summed E-state index contributed by atoms with van der Waals surface area (Å²) < 4.78 is 29.0. The Morgan fingerprint density at radius 2 is 1.45 bits per heavy atom. The third kappa shape index (κ3) is 7.10. The maximum Gasteiger partial charge on any atom is 0.264 e. The van der Waals surface area contributed by atoms with Crippen molar-refractivity contribution in [2.75, 3.05) is 10.8 Å². The molecule has 40 heavy (non-hydrogen) atoms. The molecular formula is C32H39N3O4S. The summed E-state index contributed by atoms with van der Waals surface area (Å²) in [5, 5.41) is 3.14. The molecule has 0 heterocycles. The van der Waals surface area contributed by atoms with Gasteiger partial charge in [0.2, 0.25) is 11.8 Å². The van der Waals surface area contributed by atoms with Gasteiger partial charge in [-0.2, -0.15) is 0 Å². The van der Waals surface area contributed by atoms with E-state index in [4.69, 9.17) is 0 Å². The normalized spacial score (nSPS) is 14.5. The fraction of sp³-hybridized carbons (Fsp3) is 0.375. The highest BCUT2D eigenvalue weighted by Gasteiger charge is 2.34. The van der Waals surface area contributed by atoms with Crippen LogP contribution in [0, 0.1) is 13.8 Å². The predicted molar refractivity (Wildman–Crippen MR) is 158 cm³/mol. The summed E-state index contributed by atoms with van der Waals surface area (Å²) in [6.45, 7) is 5.46. The van der Waals surface area contributed by atoms with Crippen LogP contribution in [0.5, 0.6) is 0 Å². The lowest BCUT2D eigenvalue weighted by Crippen LogP contribution is -2.53. The van der Waals surface area contributed by atoms with Gasteiger partial charge in [0.25, 0.3) is 10.0 Å². The average Bonchev–Trinajstić information content (AvgIpc) is 3.46. The summed E-state index contributed by atoms with van der Waals surface area (Å²) in [6.07, 6.45) is 4.44. The highest BCUT2D eigenvalue weighted by atomic mass is 32.2. The standard InChI is InChI=1S/C32H39N3O4S/c1-4-30(32(37)33-27-12-8-9-13-27)34(22-26-10-6-5-7-11-26)31(36)23-35(28-18-14-24(2)15-19-28)40(38,39)29-20-16-25(3)17-21-29/h5-7,10-11,14-21,27,30H,4,8-9,12-13,22-23H2,1-3H3,(H,33,37)/t30-/m0/s1. The smallest absolute Gasteiger partial charge is 0.264 e. The van der Waals surface area contributed by atoms with Crippen LogP contribution in [0.3, 0.4) is 0 Å². The minimum Gasteiger partial charge on any atom is -0.352 e. The molecule has 0 saturated heterocycles. The lowest BCUT2D eigenvalue weighted by Gasteiger charge is -2.33. The number of hydrogen-bond acceptors (Lipinski definition) is 4. The van der Waals surface area contributed by atoms with Crippen LogP contribution in [0.15, 0.2) is 83.8 Å². The minimum absolute atomic E-state index is 0.104. The summed E-state index contributed by atoms with van der Waals surface area (Å²) in [5.41, 5.74) is 3.17. The SMILES string of the molecule is CC[C@@H](C(=O)NC1CCCC1)N(Cc1ccccc1)C(=O)CN(c1ccc(C)cc1)S(=O)(=O)c1ccc(C)cc1. The molecule has 1 aliphatic carbocycles. The number of carbonyl (C=O) groups excluding carboxylic acids is 2. The van der Waals surface area contributed by atoms with Gasteiger partial charge in [-0.05, 0) is 62.9 Å². The number of amides is 2. The van der Waals surface area contributed by atoms with Crippen LogP contribution < -0.4 is 9.62 Å². The molecule has 0 aliphatic heterocycles. The Morgan fingerprint density at radius 1 is 0.875 bits per heavy atom. The average molecular weight is 562 g/mol. The summed E-state index contributed by atoms with van der Waals surface area (Å²) in [4.78, 5) is 29.2. The van der Waals surface area contributed by atoms with E-state index in [-0.39, 0.29) is 23.4 Å². The molecule has 0 bridgehead atoms. The van der Waals surface area contributed by atoms with E-state index < -0.39 is 28.5 Å². The summed E-state index contributed by atoms with van der Waals surface area (Å²) in [7, 11) is -4.07. The van der Waals surface area contributed by atoms with Gasteiger partial charge >= 0.3 is 0 Å². The van der Waals surface area contributed by atoms with Gasteiger partial charge in [0.05, 0.1) is 10.6 Å². The summed E-state index contributed by atoms with van der Waals surface area (Å²) in [5.74, 6) is -0.629. The number of benzene rings is 3. The highest BCUT2D eigenvalue weighted by molar-refractivity contribution is 7.92. The lowest BCUT2D eigenvalue weighted by molar-refractivity contribution is -0.140. The first kappa shape index (κ1) is 29.3. The number of sulfonamides is 1. The van der Waals surface area contributed by atoms with Gasteiger partial charge < -0.3 is 10.2 Å². The van der Waals surface area contributed by atoms with Gasteiger partial charge in [0.1, 0.15) is 12.6 Å². The zero-order valence-electron chi connectivity index (χ0n) is 23.5. The number of hydrogen-bond donors (Lipinski definition) is 1. The monoisotopic (exact) mass is 561 g/mol. The van der Waals surface area contributed by atoms with E-state index in [2.05, 4.69) is 5.32 Å². The van der Waals surface area contributed by atoms with Crippen LogP contribution in [0.25, 0.3) is 0 Å². The number of anilines is 1. The fourth-order valence-electron chi connectivity index (χ4n) is 5.14. The molecule has 1 fully saturated rings. The van der Waals surface area contributed by atoms with Gasteiger partial charge in [-0.15, -0.1) is 0 Å². The van der Waals surface area contributed by atoms with Crippen molar-refractivity contribution in [3.8, 4) is 0 Å². The van der Waals surface area contributed by atoms with Gasteiger partial charge in [0, 0.05) is 12.6 Å². The molecule has 0 aromatic heterocycles. The zero-order valence-corrected chi connectivity index (χ0v) is 24.4. The van der Waals surface area contributed by atoms with E-state index in [1.165, 1.54) is 4.90 Å². The Bertz CT molecular complexity index is 1380. The van der Waals surface area contributed by atoms with E-state index >= 15 is 0 Å². The molecule has 8 heteroatoms. The van der Waals surface area contributed by atoms with Crippen molar-refractivity contribution in [2.24, 2.45) is 0 Å². The molecule has 1 aliphatic rings. The van der Waals surface area contributed by atoms with Gasteiger partial charge in [-0.1, -0.05) is 85.5 Å². The number of nitrogens with zero attached hydrogens (tertiary/aromatic N) is 2. The Morgan fingerprint density at radius 3 is 2.02 bits per heavy atom. The largest absolute Gasteiger partial charge is 0.352 e. The molecule has 7 nitrogen and oxygen atoms in total. The maximum absolute atomic E-state index is 14.1. The Kier molecular flexibility index (Phi) is 9.63. The Hall–Kier alpha value is -3.65. The van der Waals surface area contributed by atoms with E-state index in [0.717, 1.165) is 46.7 Å². The second-order valence-electron chi connectivity index (χ2n) is 10.6. The van der Waals surface area contributed by atoms with E-state index in [1.807, 2.05) is 63.2 Å². The summed E-state index contributed by atoms with van der Waals surface area (Å²) in [6, 6.07) is 22.5. The third-order valence-electron chi connectivity index (χ3n) is 7.49. The Labute approximate surface area is 238 Å². The molecule has 212 valence electrons. The van der Waals surface area contributed by atoms with Crippen LogP contribution in [0.1, 0.15) is 55.7 Å².